The molecule has 1 aromatic heterocycles. The van der Waals surface area contributed by atoms with Crippen molar-refractivity contribution in [1.29, 1.82) is 0 Å². The smallest absolute Gasteiger partial charge is 0.249 e. The molecule has 0 radical (unpaired) electrons. The number of aromatic amines is 1. The van der Waals surface area contributed by atoms with E-state index in [9.17, 15) is 4.79 Å². The van der Waals surface area contributed by atoms with Crippen molar-refractivity contribution in [3.05, 3.63) is 40.4 Å². The third-order valence-electron chi connectivity index (χ3n) is 2.49. The number of thioether (sulfide) groups is 1. The molecule has 0 atom stereocenters. The third-order valence-corrected chi connectivity index (χ3v) is 3.95. The standard InChI is InChI=1S/C12H14N4OS2/c1-8-3-4-10(9(2)5-8)19-6-11(17)15-16-7-13-14-12(16)18/h3-5,7H,6H2,1-2H3,(H,14,18)(H,15,17). The second kappa shape index (κ2) is 6.03. The molecule has 2 aromatic rings. The molecule has 0 spiro atoms. The van der Waals surface area contributed by atoms with Crippen LogP contribution in [0.2, 0.25) is 0 Å². The number of amides is 1. The largest absolute Gasteiger partial charge is 0.272 e. The van der Waals surface area contributed by atoms with E-state index in [1.165, 1.54) is 33.9 Å². The number of H-pyrrole nitrogens is 1. The number of carbonyl (C=O) groups excluding carboxylic acids is 1. The summed E-state index contributed by atoms with van der Waals surface area (Å²) >= 11 is 6.44. The average Bonchev–Trinajstić information content (AvgIpc) is 2.74. The summed E-state index contributed by atoms with van der Waals surface area (Å²) in [5.41, 5.74) is 5.05. The van der Waals surface area contributed by atoms with Gasteiger partial charge in [0.2, 0.25) is 10.7 Å². The minimum atomic E-state index is -0.123. The molecule has 0 fully saturated rings. The minimum Gasteiger partial charge on any atom is -0.272 e. The second-order valence-electron chi connectivity index (χ2n) is 4.12. The number of benzene rings is 1. The third kappa shape index (κ3) is 3.68. The lowest BCUT2D eigenvalue weighted by Gasteiger charge is -2.07. The Morgan fingerprint density at radius 2 is 2.32 bits per heavy atom. The predicted octanol–water partition coefficient (Wildman–Crippen LogP) is 2.42. The molecule has 0 aliphatic carbocycles. The maximum atomic E-state index is 11.8. The first kappa shape index (κ1) is 13.8. The molecular formula is C12H14N4OS2. The van der Waals surface area contributed by atoms with Crippen molar-refractivity contribution in [3.63, 3.8) is 0 Å². The molecule has 0 bridgehead atoms. The molecular weight excluding hydrogens is 280 g/mol. The Bertz CT molecular complexity index is 647. The highest BCUT2D eigenvalue weighted by Gasteiger charge is 2.06. The van der Waals surface area contributed by atoms with Gasteiger partial charge < -0.3 is 0 Å². The van der Waals surface area contributed by atoms with Crippen molar-refractivity contribution < 1.29 is 4.79 Å². The van der Waals surface area contributed by atoms with E-state index in [1.807, 2.05) is 19.1 Å². The van der Waals surface area contributed by atoms with Crippen LogP contribution >= 0.6 is 24.0 Å². The fourth-order valence-electron chi connectivity index (χ4n) is 1.60. The predicted molar refractivity (Wildman–Crippen MR) is 78.4 cm³/mol. The Labute approximate surface area is 120 Å². The van der Waals surface area contributed by atoms with Gasteiger partial charge in [0.15, 0.2) is 0 Å². The first-order valence-corrected chi connectivity index (χ1v) is 7.07. The van der Waals surface area contributed by atoms with Crippen molar-refractivity contribution in [3.8, 4) is 0 Å². The van der Waals surface area contributed by atoms with Gasteiger partial charge in [-0.1, -0.05) is 17.7 Å². The Kier molecular flexibility index (Phi) is 4.39. The molecule has 1 aromatic carbocycles. The molecule has 2 N–H and O–H groups in total. The molecule has 19 heavy (non-hydrogen) atoms. The minimum absolute atomic E-state index is 0.123. The van der Waals surface area contributed by atoms with Crippen LogP contribution in [0.25, 0.3) is 0 Å². The van der Waals surface area contributed by atoms with E-state index in [2.05, 4.69) is 28.6 Å². The molecule has 0 saturated heterocycles. The number of nitrogens with zero attached hydrogens (tertiary/aromatic N) is 2. The topological polar surface area (TPSA) is 62.7 Å². The fourth-order valence-corrected chi connectivity index (χ4v) is 2.55. The maximum absolute atomic E-state index is 11.8. The molecule has 7 heteroatoms. The Morgan fingerprint density at radius 1 is 1.53 bits per heavy atom. The average molecular weight is 294 g/mol. The van der Waals surface area contributed by atoms with E-state index in [1.54, 1.807) is 0 Å². The van der Waals surface area contributed by atoms with Crippen LogP contribution in [0.4, 0.5) is 0 Å². The van der Waals surface area contributed by atoms with Gasteiger partial charge in [-0.05, 0) is 37.7 Å². The van der Waals surface area contributed by atoms with Gasteiger partial charge in [-0.25, -0.2) is 4.68 Å². The van der Waals surface area contributed by atoms with Crippen LogP contribution in [-0.4, -0.2) is 26.5 Å². The van der Waals surface area contributed by atoms with E-state index in [-0.39, 0.29) is 5.91 Å². The van der Waals surface area contributed by atoms with Gasteiger partial charge in [-0.15, -0.1) is 11.8 Å². The van der Waals surface area contributed by atoms with Gasteiger partial charge in [0.05, 0.1) is 5.75 Å². The van der Waals surface area contributed by atoms with Crippen LogP contribution < -0.4 is 5.43 Å². The van der Waals surface area contributed by atoms with Gasteiger partial charge in [-0.2, -0.15) is 5.10 Å². The second-order valence-corrected chi connectivity index (χ2v) is 5.53. The molecule has 1 amide bonds. The zero-order chi connectivity index (χ0) is 13.8. The van der Waals surface area contributed by atoms with E-state index in [0.29, 0.717) is 10.5 Å². The maximum Gasteiger partial charge on any atom is 0.249 e. The highest BCUT2D eigenvalue weighted by molar-refractivity contribution is 8.00. The molecule has 0 aliphatic heterocycles. The SMILES string of the molecule is Cc1ccc(SCC(=O)Nn2cn[nH]c2=S)c(C)c1. The lowest BCUT2D eigenvalue weighted by atomic mass is 10.2. The quantitative estimate of drug-likeness (QED) is 0.671. The van der Waals surface area contributed by atoms with Gasteiger partial charge in [0.1, 0.15) is 6.33 Å². The van der Waals surface area contributed by atoms with Crippen molar-refractivity contribution in [2.24, 2.45) is 0 Å². The van der Waals surface area contributed by atoms with Gasteiger partial charge in [0.25, 0.3) is 0 Å². The van der Waals surface area contributed by atoms with Crippen molar-refractivity contribution in [2.45, 2.75) is 18.7 Å². The number of hydrogen-bond acceptors (Lipinski definition) is 4. The first-order chi connectivity index (χ1) is 9.06. The summed E-state index contributed by atoms with van der Waals surface area (Å²) in [6, 6.07) is 6.18. The summed E-state index contributed by atoms with van der Waals surface area (Å²) in [4.78, 5) is 12.9. The van der Waals surface area contributed by atoms with Gasteiger partial charge in [0, 0.05) is 4.90 Å². The highest BCUT2D eigenvalue weighted by atomic mass is 32.2. The molecule has 1 heterocycles. The van der Waals surface area contributed by atoms with Gasteiger partial charge in [-0.3, -0.25) is 15.3 Å². The van der Waals surface area contributed by atoms with Crippen LogP contribution in [0, 0.1) is 18.6 Å². The summed E-state index contributed by atoms with van der Waals surface area (Å²) in [7, 11) is 0. The van der Waals surface area contributed by atoms with Crippen LogP contribution in [-0.2, 0) is 4.79 Å². The van der Waals surface area contributed by atoms with E-state index >= 15 is 0 Å². The normalized spacial score (nSPS) is 10.4. The molecule has 0 unspecified atom stereocenters. The number of aryl methyl sites for hydroxylation is 2. The zero-order valence-electron chi connectivity index (χ0n) is 10.6. The summed E-state index contributed by atoms with van der Waals surface area (Å²) in [6.45, 7) is 4.09. The summed E-state index contributed by atoms with van der Waals surface area (Å²) in [6.07, 6.45) is 1.43. The molecule has 0 aliphatic rings. The van der Waals surface area contributed by atoms with Crippen molar-refractivity contribution in [1.82, 2.24) is 14.9 Å². The zero-order valence-corrected chi connectivity index (χ0v) is 12.3. The number of hydrogen-bond donors (Lipinski definition) is 2. The molecule has 100 valence electrons. The Hall–Kier alpha value is -1.60. The van der Waals surface area contributed by atoms with Crippen molar-refractivity contribution >= 4 is 29.9 Å². The van der Waals surface area contributed by atoms with Crippen molar-refractivity contribution in [2.75, 3.05) is 11.2 Å². The van der Waals surface area contributed by atoms with Crippen LogP contribution in [0.5, 0.6) is 0 Å². The molecule has 5 nitrogen and oxygen atoms in total. The Morgan fingerprint density at radius 3 is 2.95 bits per heavy atom. The van der Waals surface area contributed by atoms with E-state index < -0.39 is 0 Å². The number of nitrogens with one attached hydrogen (secondary N) is 2. The molecule has 2 rings (SSSR count). The van der Waals surface area contributed by atoms with E-state index in [0.717, 1.165) is 4.90 Å². The lowest BCUT2D eigenvalue weighted by Crippen LogP contribution is -2.23. The summed E-state index contributed by atoms with van der Waals surface area (Å²) in [5.74, 6) is 0.208. The number of carbonyl (C=O) groups is 1. The fraction of sp³-hybridized carbons (Fsp3) is 0.250. The molecule has 0 saturated carbocycles. The van der Waals surface area contributed by atoms with Crippen LogP contribution in [0.3, 0.4) is 0 Å². The highest BCUT2D eigenvalue weighted by Crippen LogP contribution is 2.22. The monoisotopic (exact) mass is 294 g/mol. The summed E-state index contributed by atoms with van der Waals surface area (Å²) in [5, 5.41) is 6.30. The van der Waals surface area contributed by atoms with Crippen LogP contribution in [0.15, 0.2) is 29.4 Å². The van der Waals surface area contributed by atoms with Crippen LogP contribution in [0.1, 0.15) is 11.1 Å². The number of rotatable bonds is 4. The van der Waals surface area contributed by atoms with Gasteiger partial charge >= 0.3 is 0 Å². The van der Waals surface area contributed by atoms with E-state index in [4.69, 9.17) is 12.2 Å². The number of aromatic nitrogens is 3. The lowest BCUT2D eigenvalue weighted by molar-refractivity contribution is -0.114. The summed E-state index contributed by atoms with van der Waals surface area (Å²) < 4.78 is 1.75. The first-order valence-electron chi connectivity index (χ1n) is 5.68. The Balaban J connectivity index is 1.93.